The van der Waals surface area contributed by atoms with Crippen LogP contribution in [0, 0.1) is 6.92 Å². The first kappa shape index (κ1) is 11.1. The Balaban J connectivity index is 2.30. The zero-order chi connectivity index (χ0) is 12.3. The van der Waals surface area contributed by atoms with E-state index in [1.54, 1.807) is 31.2 Å². The Morgan fingerprint density at radius 1 is 0.941 bits per heavy atom. The second-order valence-corrected chi connectivity index (χ2v) is 3.54. The lowest BCUT2D eigenvalue weighted by atomic mass is 10.1. The van der Waals surface area contributed by atoms with Crippen LogP contribution in [0.25, 0.3) is 0 Å². The first-order valence-electron chi connectivity index (χ1n) is 5.12. The highest BCUT2D eigenvalue weighted by molar-refractivity contribution is 6.48. The molecule has 0 aliphatic carbocycles. The Labute approximate surface area is 98.3 Å². The monoisotopic (exact) mass is 226 g/mol. The molecule has 0 aliphatic rings. The van der Waals surface area contributed by atoms with E-state index in [1.807, 2.05) is 0 Å². The molecule has 0 aliphatic heterocycles. The Morgan fingerprint density at radius 2 is 1.65 bits per heavy atom. The lowest BCUT2D eigenvalue weighted by Crippen LogP contribution is -2.17. The van der Waals surface area contributed by atoms with E-state index in [1.165, 1.54) is 18.3 Å². The van der Waals surface area contributed by atoms with Crippen molar-refractivity contribution in [2.75, 3.05) is 0 Å². The van der Waals surface area contributed by atoms with E-state index in [-0.39, 0.29) is 11.4 Å². The fourth-order valence-corrected chi connectivity index (χ4v) is 1.40. The second kappa shape index (κ2) is 4.65. The highest BCUT2D eigenvalue weighted by Gasteiger charge is 2.20. The van der Waals surface area contributed by atoms with Crippen LogP contribution in [0.3, 0.4) is 0 Å². The summed E-state index contributed by atoms with van der Waals surface area (Å²) in [7, 11) is 0. The summed E-state index contributed by atoms with van der Waals surface area (Å²) >= 11 is 0. The molecule has 84 valence electrons. The van der Waals surface area contributed by atoms with Gasteiger partial charge < -0.3 is 0 Å². The topological polar surface area (TPSA) is 59.9 Å². The van der Waals surface area contributed by atoms with Crippen molar-refractivity contribution < 1.29 is 9.59 Å². The molecule has 0 unspecified atom stereocenters. The van der Waals surface area contributed by atoms with Crippen molar-refractivity contribution in [1.29, 1.82) is 0 Å². The van der Waals surface area contributed by atoms with Gasteiger partial charge in [-0.3, -0.25) is 14.6 Å². The summed E-state index contributed by atoms with van der Waals surface area (Å²) in [6.07, 6.45) is 1.48. The number of hydrogen-bond acceptors (Lipinski definition) is 4. The SMILES string of the molecule is Cc1cccc(C(=O)C(=O)c2ccccn2)n1. The number of ketones is 2. The minimum atomic E-state index is -0.635. The molecular formula is C13H10N2O2. The van der Waals surface area contributed by atoms with Crippen molar-refractivity contribution in [3.05, 3.63) is 59.7 Å². The first-order valence-corrected chi connectivity index (χ1v) is 5.12. The summed E-state index contributed by atoms with van der Waals surface area (Å²) in [5.41, 5.74) is 0.992. The van der Waals surface area contributed by atoms with Gasteiger partial charge in [0.15, 0.2) is 0 Å². The number of nitrogens with zero attached hydrogens (tertiary/aromatic N) is 2. The van der Waals surface area contributed by atoms with Gasteiger partial charge in [0, 0.05) is 11.9 Å². The normalized spacial score (nSPS) is 9.94. The number of rotatable bonds is 3. The molecule has 0 amide bonds. The van der Waals surface area contributed by atoms with Crippen molar-refractivity contribution in [3.8, 4) is 0 Å². The summed E-state index contributed by atoms with van der Waals surface area (Å²) in [5.74, 6) is -1.27. The minimum absolute atomic E-state index is 0.140. The highest BCUT2D eigenvalue weighted by atomic mass is 16.2. The predicted octanol–water partition coefficient (Wildman–Crippen LogP) is 1.85. The summed E-state index contributed by atoms with van der Waals surface area (Å²) in [6.45, 7) is 1.77. The van der Waals surface area contributed by atoms with Crippen LogP contribution >= 0.6 is 0 Å². The van der Waals surface area contributed by atoms with Crippen LogP contribution in [0.15, 0.2) is 42.6 Å². The van der Waals surface area contributed by atoms with Crippen molar-refractivity contribution >= 4 is 11.6 Å². The first-order chi connectivity index (χ1) is 8.18. The molecular weight excluding hydrogens is 216 g/mol. The maximum atomic E-state index is 11.8. The zero-order valence-corrected chi connectivity index (χ0v) is 9.25. The Morgan fingerprint density at radius 3 is 2.29 bits per heavy atom. The fraction of sp³-hybridized carbons (Fsp3) is 0.0769. The molecule has 0 bridgehead atoms. The summed E-state index contributed by atoms with van der Waals surface area (Å²) in [6, 6.07) is 9.85. The largest absolute Gasteiger partial charge is 0.283 e. The van der Waals surface area contributed by atoms with Crippen molar-refractivity contribution in [2.45, 2.75) is 6.92 Å². The molecule has 4 heteroatoms. The van der Waals surface area contributed by atoms with E-state index in [2.05, 4.69) is 9.97 Å². The summed E-state index contributed by atoms with van der Waals surface area (Å²) < 4.78 is 0. The van der Waals surface area contributed by atoms with E-state index in [0.717, 1.165) is 0 Å². The zero-order valence-electron chi connectivity index (χ0n) is 9.25. The molecule has 4 nitrogen and oxygen atoms in total. The third-order valence-corrected chi connectivity index (χ3v) is 2.22. The Hall–Kier alpha value is -2.36. The minimum Gasteiger partial charge on any atom is -0.283 e. The van der Waals surface area contributed by atoms with E-state index in [9.17, 15) is 9.59 Å². The van der Waals surface area contributed by atoms with Crippen molar-refractivity contribution in [2.24, 2.45) is 0 Å². The lowest BCUT2D eigenvalue weighted by molar-refractivity contribution is 0.0811. The molecule has 0 N–H and O–H groups in total. The van der Waals surface area contributed by atoms with E-state index in [0.29, 0.717) is 5.69 Å². The fourth-order valence-electron chi connectivity index (χ4n) is 1.40. The molecule has 0 saturated carbocycles. The van der Waals surface area contributed by atoms with Gasteiger partial charge in [-0.05, 0) is 31.2 Å². The van der Waals surface area contributed by atoms with Crippen LogP contribution in [0.5, 0.6) is 0 Å². The Kier molecular flexibility index (Phi) is 3.05. The van der Waals surface area contributed by atoms with Crippen LogP contribution in [-0.2, 0) is 0 Å². The molecule has 17 heavy (non-hydrogen) atoms. The van der Waals surface area contributed by atoms with Crippen LogP contribution in [-0.4, -0.2) is 21.5 Å². The van der Waals surface area contributed by atoms with Gasteiger partial charge in [-0.15, -0.1) is 0 Å². The van der Waals surface area contributed by atoms with Crippen LogP contribution in [0.2, 0.25) is 0 Å². The molecule has 2 heterocycles. The standard InChI is InChI=1S/C13H10N2O2/c1-9-5-4-7-11(15-9)13(17)12(16)10-6-2-3-8-14-10/h2-8H,1H3. The van der Waals surface area contributed by atoms with Crippen molar-refractivity contribution in [3.63, 3.8) is 0 Å². The number of aromatic nitrogens is 2. The van der Waals surface area contributed by atoms with Gasteiger partial charge in [0.25, 0.3) is 11.6 Å². The molecule has 0 fully saturated rings. The smallest absolute Gasteiger partial charge is 0.253 e. The summed E-state index contributed by atoms with van der Waals surface area (Å²) in [5, 5.41) is 0. The van der Waals surface area contributed by atoms with Crippen molar-refractivity contribution in [1.82, 2.24) is 9.97 Å². The van der Waals surface area contributed by atoms with Crippen LogP contribution in [0.1, 0.15) is 26.7 Å². The molecule has 0 aromatic carbocycles. The number of carbonyl (C=O) groups is 2. The molecule has 2 rings (SSSR count). The van der Waals surface area contributed by atoms with Gasteiger partial charge in [0.05, 0.1) is 0 Å². The third kappa shape index (κ3) is 2.42. The van der Waals surface area contributed by atoms with Crippen LogP contribution in [0.4, 0.5) is 0 Å². The van der Waals surface area contributed by atoms with E-state index < -0.39 is 11.6 Å². The average molecular weight is 226 g/mol. The quantitative estimate of drug-likeness (QED) is 0.592. The maximum absolute atomic E-state index is 11.8. The molecule has 0 spiro atoms. The van der Waals surface area contributed by atoms with E-state index >= 15 is 0 Å². The van der Waals surface area contributed by atoms with Gasteiger partial charge in [-0.25, -0.2) is 4.98 Å². The highest BCUT2D eigenvalue weighted by Crippen LogP contribution is 2.04. The third-order valence-electron chi connectivity index (χ3n) is 2.22. The summed E-state index contributed by atoms with van der Waals surface area (Å²) in [4.78, 5) is 31.5. The number of hydrogen-bond donors (Lipinski definition) is 0. The van der Waals surface area contributed by atoms with Gasteiger partial charge in [0.1, 0.15) is 11.4 Å². The molecule has 2 aromatic rings. The predicted molar refractivity (Wildman–Crippen MR) is 61.9 cm³/mol. The second-order valence-electron chi connectivity index (χ2n) is 3.54. The Bertz CT molecular complexity index is 565. The van der Waals surface area contributed by atoms with Gasteiger partial charge >= 0.3 is 0 Å². The number of pyridine rings is 2. The molecule has 0 atom stereocenters. The number of aryl methyl sites for hydroxylation is 1. The number of carbonyl (C=O) groups excluding carboxylic acids is 2. The van der Waals surface area contributed by atoms with Gasteiger partial charge in [0.2, 0.25) is 0 Å². The van der Waals surface area contributed by atoms with E-state index in [4.69, 9.17) is 0 Å². The van der Waals surface area contributed by atoms with Gasteiger partial charge in [-0.1, -0.05) is 12.1 Å². The lowest BCUT2D eigenvalue weighted by Gasteiger charge is -2.00. The molecule has 2 aromatic heterocycles. The molecule has 0 saturated heterocycles. The average Bonchev–Trinajstić information content (AvgIpc) is 2.38. The molecule has 0 radical (unpaired) electrons. The maximum Gasteiger partial charge on any atom is 0.253 e. The van der Waals surface area contributed by atoms with Gasteiger partial charge in [-0.2, -0.15) is 0 Å². The number of Topliss-reactive ketones (excluding diaryl/α,β-unsaturated/α-hetero) is 2. The van der Waals surface area contributed by atoms with Crippen LogP contribution < -0.4 is 0 Å².